The standard InChI is InChI=1S/C18H29NO2/c1-7-12-18(5,6)19-17(14(4)20)13-15(8-2)10-11-16(21)9-3/h8-11,17,19,21H,2-3,7,12-13H2,1,4-6H3/b15-10+,16-11+. The molecule has 0 aliphatic heterocycles. The predicted molar refractivity (Wildman–Crippen MR) is 90.4 cm³/mol. The minimum absolute atomic E-state index is 0.0868. The van der Waals surface area contributed by atoms with Crippen molar-refractivity contribution in [2.75, 3.05) is 0 Å². The minimum atomic E-state index is -0.255. The fraction of sp³-hybridized carbons (Fsp3) is 0.500. The van der Waals surface area contributed by atoms with Crippen LogP contribution in [0.15, 0.2) is 48.8 Å². The summed E-state index contributed by atoms with van der Waals surface area (Å²) >= 11 is 0. The number of ketones is 1. The largest absolute Gasteiger partial charge is 0.508 e. The molecule has 0 heterocycles. The van der Waals surface area contributed by atoms with Gasteiger partial charge < -0.3 is 10.4 Å². The van der Waals surface area contributed by atoms with Gasteiger partial charge in [-0.2, -0.15) is 0 Å². The lowest BCUT2D eigenvalue weighted by Crippen LogP contribution is -2.49. The highest BCUT2D eigenvalue weighted by Crippen LogP contribution is 2.16. The second kappa shape index (κ2) is 9.35. The average molecular weight is 291 g/mol. The highest BCUT2D eigenvalue weighted by Gasteiger charge is 2.24. The number of nitrogens with one attached hydrogen (secondary N) is 1. The van der Waals surface area contributed by atoms with Crippen molar-refractivity contribution in [1.29, 1.82) is 0 Å². The zero-order valence-corrected chi connectivity index (χ0v) is 13.8. The van der Waals surface area contributed by atoms with Gasteiger partial charge >= 0.3 is 0 Å². The first kappa shape index (κ1) is 19.4. The monoisotopic (exact) mass is 291 g/mol. The number of Topliss-reactive ketones (excluding diaryl/α,β-unsaturated/α-hetero) is 1. The van der Waals surface area contributed by atoms with E-state index in [4.69, 9.17) is 0 Å². The third-order valence-electron chi connectivity index (χ3n) is 3.31. The Hall–Kier alpha value is -1.61. The van der Waals surface area contributed by atoms with E-state index in [1.807, 2.05) is 0 Å². The molecule has 0 amide bonds. The lowest BCUT2D eigenvalue weighted by molar-refractivity contribution is -0.119. The average Bonchev–Trinajstić information content (AvgIpc) is 2.41. The Kier molecular flexibility index (Phi) is 8.63. The molecular weight excluding hydrogens is 262 g/mol. The summed E-state index contributed by atoms with van der Waals surface area (Å²) in [7, 11) is 0. The van der Waals surface area contributed by atoms with Crippen molar-refractivity contribution in [3.8, 4) is 0 Å². The summed E-state index contributed by atoms with van der Waals surface area (Å²) in [6, 6.07) is -0.255. The van der Waals surface area contributed by atoms with Crippen LogP contribution in [0.2, 0.25) is 0 Å². The molecule has 0 saturated heterocycles. The smallest absolute Gasteiger partial charge is 0.147 e. The van der Waals surface area contributed by atoms with Gasteiger partial charge in [0.05, 0.1) is 6.04 Å². The lowest BCUT2D eigenvalue weighted by Gasteiger charge is -2.31. The molecule has 0 radical (unpaired) electrons. The van der Waals surface area contributed by atoms with Crippen LogP contribution in [-0.2, 0) is 4.79 Å². The molecule has 0 rings (SSSR count). The van der Waals surface area contributed by atoms with Gasteiger partial charge in [0.1, 0.15) is 11.5 Å². The Labute approximate surface area is 129 Å². The maximum Gasteiger partial charge on any atom is 0.147 e. The first-order valence-corrected chi connectivity index (χ1v) is 7.38. The van der Waals surface area contributed by atoms with Crippen LogP contribution in [0, 0.1) is 0 Å². The number of aliphatic hydroxyl groups excluding tert-OH is 1. The molecule has 0 saturated carbocycles. The summed E-state index contributed by atoms with van der Waals surface area (Å²) in [5.41, 5.74) is 0.805. The van der Waals surface area contributed by atoms with E-state index in [9.17, 15) is 9.90 Å². The maximum atomic E-state index is 11.9. The van der Waals surface area contributed by atoms with Crippen LogP contribution in [0.1, 0.15) is 47.0 Å². The summed E-state index contributed by atoms with van der Waals surface area (Å²) in [6.07, 6.45) is 8.99. The molecule has 21 heavy (non-hydrogen) atoms. The fourth-order valence-corrected chi connectivity index (χ4v) is 2.18. The molecule has 3 nitrogen and oxygen atoms in total. The molecule has 0 aromatic rings. The normalized spacial score (nSPS) is 14.7. The van der Waals surface area contributed by atoms with Crippen LogP contribution in [0.4, 0.5) is 0 Å². The Morgan fingerprint density at radius 3 is 2.33 bits per heavy atom. The van der Waals surface area contributed by atoms with Gasteiger partial charge in [-0.3, -0.25) is 4.79 Å². The summed E-state index contributed by atoms with van der Waals surface area (Å²) in [5.74, 6) is 0.192. The van der Waals surface area contributed by atoms with Crippen molar-refractivity contribution in [2.45, 2.75) is 58.5 Å². The molecule has 2 N–H and O–H groups in total. The number of aliphatic hydroxyl groups is 1. The molecule has 0 spiro atoms. The number of carbonyl (C=O) groups excluding carboxylic acids is 1. The molecule has 118 valence electrons. The Morgan fingerprint density at radius 1 is 1.29 bits per heavy atom. The van der Waals surface area contributed by atoms with Gasteiger partial charge in [0.2, 0.25) is 0 Å². The molecule has 0 fully saturated rings. The second-order valence-corrected chi connectivity index (χ2v) is 5.89. The number of carbonyl (C=O) groups is 1. The van der Waals surface area contributed by atoms with E-state index in [-0.39, 0.29) is 23.1 Å². The Bertz CT molecular complexity index is 430. The van der Waals surface area contributed by atoms with Gasteiger partial charge in [-0.05, 0) is 51.3 Å². The van der Waals surface area contributed by atoms with Crippen LogP contribution in [0.5, 0.6) is 0 Å². The first-order valence-electron chi connectivity index (χ1n) is 7.38. The quantitative estimate of drug-likeness (QED) is 0.467. The van der Waals surface area contributed by atoms with Crippen LogP contribution in [0.25, 0.3) is 0 Å². The van der Waals surface area contributed by atoms with Gasteiger partial charge in [0.25, 0.3) is 0 Å². The van der Waals surface area contributed by atoms with Crippen molar-refractivity contribution in [3.63, 3.8) is 0 Å². The highest BCUT2D eigenvalue weighted by atomic mass is 16.3. The summed E-state index contributed by atoms with van der Waals surface area (Å²) < 4.78 is 0. The molecule has 3 heteroatoms. The summed E-state index contributed by atoms with van der Waals surface area (Å²) in [5, 5.41) is 12.8. The van der Waals surface area contributed by atoms with Crippen LogP contribution >= 0.6 is 0 Å². The van der Waals surface area contributed by atoms with Crippen molar-refractivity contribution < 1.29 is 9.90 Å². The van der Waals surface area contributed by atoms with E-state index in [1.54, 1.807) is 25.2 Å². The van der Waals surface area contributed by atoms with Crippen molar-refractivity contribution in [3.05, 3.63) is 48.8 Å². The molecular formula is C18H29NO2. The number of hydrogen-bond donors (Lipinski definition) is 2. The van der Waals surface area contributed by atoms with Crippen molar-refractivity contribution >= 4 is 5.78 Å². The van der Waals surface area contributed by atoms with Gasteiger partial charge in [0, 0.05) is 5.54 Å². The fourth-order valence-electron chi connectivity index (χ4n) is 2.18. The minimum Gasteiger partial charge on any atom is -0.508 e. The third kappa shape index (κ3) is 8.30. The van der Waals surface area contributed by atoms with E-state index in [1.165, 1.54) is 6.08 Å². The van der Waals surface area contributed by atoms with Gasteiger partial charge in [-0.1, -0.05) is 38.7 Å². The first-order chi connectivity index (χ1) is 9.75. The van der Waals surface area contributed by atoms with Crippen LogP contribution < -0.4 is 5.32 Å². The van der Waals surface area contributed by atoms with Gasteiger partial charge in [-0.15, -0.1) is 0 Å². The molecule has 0 aliphatic carbocycles. The Morgan fingerprint density at radius 2 is 1.90 bits per heavy atom. The topological polar surface area (TPSA) is 49.3 Å². The third-order valence-corrected chi connectivity index (χ3v) is 3.31. The maximum absolute atomic E-state index is 11.9. The molecule has 1 unspecified atom stereocenters. The van der Waals surface area contributed by atoms with E-state index >= 15 is 0 Å². The van der Waals surface area contributed by atoms with Crippen molar-refractivity contribution in [1.82, 2.24) is 5.32 Å². The van der Waals surface area contributed by atoms with Crippen LogP contribution in [0.3, 0.4) is 0 Å². The zero-order valence-electron chi connectivity index (χ0n) is 13.8. The number of hydrogen-bond acceptors (Lipinski definition) is 3. The number of allylic oxidation sites excluding steroid dienone is 4. The van der Waals surface area contributed by atoms with E-state index in [0.29, 0.717) is 6.42 Å². The zero-order chi connectivity index (χ0) is 16.5. The van der Waals surface area contributed by atoms with Crippen molar-refractivity contribution in [2.24, 2.45) is 0 Å². The molecule has 0 bridgehead atoms. The molecule has 0 aromatic heterocycles. The summed E-state index contributed by atoms with van der Waals surface area (Å²) in [4.78, 5) is 11.9. The SMILES string of the molecule is C=C/C(=C\C=C(\O)C=C)CC(NC(C)(C)CCC)C(C)=O. The second-order valence-electron chi connectivity index (χ2n) is 5.89. The summed E-state index contributed by atoms with van der Waals surface area (Å²) in [6.45, 7) is 15.2. The molecule has 0 aliphatic rings. The van der Waals surface area contributed by atoms with E-state index in [0.717, 1.165) is 18.4 Å². The van der Waals surface area contributed by atoms with Crippen LogP contribution in [-0.4, -0.2) is 22.5 Å². The Balaban J connectivity index is 5.02. The predicted octanol–water partition coefficient (Wildman–Crippen LogP) is 4.24. The lowest BCUT2D eigenvalue weighted by atomic mass is 9.94. The highest BCUT2D eigenvalue weighted by molar-refractivity contribution is 5.82. The number of rotatable bonds is 10. The van der Waals surface area contributed by atoms with E-state index in [2.05, 4.69) is 39.2 Å². The van der Waals surface area contributed by atoms with Gasteiger partial charge in [0.15, 0.2) is 0 Å². The van der Waals surface area contributed by atoms with E-state index < -0.39 is 0 Å². The van der Waals surface area contributed by atoms with Gasteiger partial charge in [-0.25, -0.2) is 0 Å². The molecule has 1 atom stereocenters. The molecule has 0 aromatic carbocycles.